The molecule has 0 rings (SSSR count). The van der Waals surface area contributed by atoms with E-state index in [2.05, 4.69) is 39.9 Å². The lowest BCUT2D eigenvalue weighted by Crippen LogP contribution is -2.37. The molecule has 2 nitrogen and oxygen atoms in total. The summed E-state index contributed by atoms with van der Waals surface area (Å²) >= 11 is 0. The fraction of sp³-hybridized carbons (Fsp3) is 1.00. The molecule has 86 valence electrons. The van der Waals surface area contributed by atoms with Crippen molar-refractivity contribution in [1.82, 2.24) is 5.32 Å². The van der Waals surface area contributed by atoms with Gasteiger partial charge >= 0.3 is 0 Å². The highest BCUT2D eigenvalue weighted by molar-refractivity contribution is 4.74. The number of hydrogen-bond donors (Lipinski definition) is 1. The van der Waals surface area contributed by atoms with Crippen LogP contribution in [0.5, 0.6) is 0 Å². The summed E-state index contributed by atoms with van der Waals surface area (Å²) in [4.78, 5) is 0. The van der Waals surface area contributed by atoms with Crippen molar-refractivity contribution in [2.45, 2.75) is 59.1 Å². The zero-order valence-corrected chi connectivity index (χ0v) is 10.7. The van der Waals surface area contributed by atoms with Gasteiger partial charge in [0.05, 0.1) is 6.10 Å². The number of ether oxygens (including phenoxy) is 1. The van der Waals surface area contributed by atoms with Crippen LogP contribution in [0.15, 0.2) is 0 Å². The van der Waals surface area contributed by atoms with Crippen molar-refractivity contribution in [2.24, 2.45) is 5.92 Å². The topological polar surface area (TPSA) is 21.3 Å². The molecule has 0 aliphatic carbocycles. The van der Waals surface area contributed by atoms with Crippen molar-refractivity contribution in [3.8, 4) is 0 Å². The van der Waals surface area contributed by atoms with Crippen molar-refractivity contribution >= 4 is 0 Å². The van der Waals surface area contributed by atoms with Gasteiger partial charge in [0.25, 0.3) is 0 Å². The molecule has 0 heterocycles. The lowest BCUT2D eigenvalue weighted by atomic mass is 10.0. The lowest BCUT2D eigenvalue weighted by Gasteiger charge is -2.25. The highest BCUT2D eigenvalue weighted by Gasteiger charge is 2.14. The first-order valence-corrected chi connectivity index (χ1v) is 5.68. The molecule has 0 amide bonds. The maximum absolute atomic E-state index is 5.75. The fourth-order valence-electron chi connectivity index (χ4n) is 1.37. The predicted molar refractivity (Wildman–Crippen MR) is 62.6 cm³/mol. The normalized spacial score (nSPS) is 14.8. The second kappa shape index (κ2) is 6.41. The molecule has 0 aliphatic heterocycles. The molecule has 1 atom stereocenters. The molecular weight excluding hydrogens is 174 g/mol. The highest BCUT2D eigenvalue weighted by atomic mass is 16.5. The van der Waals surface area contributed by atoms with Crippen LogP contribution in [-0.2, 0) is 4.74 Å². The van der Waals surface area contributed by atoms with Crippen LogP contribution in [0, 0.1) is 5.92 Å². The van der Waals surface area contributed by atoms with Crippen molar-refractivity contribution in [3.05, 3.63) is 0 Å². The van der Waals surface area contributed by atoms with Gasteiger partial charge in [-0.05, 0) is 46.6 Å². The number of nitrogens with one attached hydrogen (secondary N) is 1. The first kappa shape index (κ1) is 13.9. The highest BCUT2D eigenvalue weighted by Crippen LogP contribution is 2.11. The van der Waals surface area contributed by atoms with E-state index in [1.807, 2.05) is 7.05 Å². The SMILES string of the molecule is CNC(C)(C)CCOC(C)CC(C)C. The Morgan fingerprint density at radius 3 is 2.21 bits per heavy atom. The van der Waals surface area contributed by atoms with Crippen LogP contribution in [0.25, 0.3) is 0 Å². The van der Waals surface area contributed by atoms with Crippen molar-refractivity contribution in [3.63, 3.8) is 0 Å². The maximum atomic E-state index is 5.75. The Bertz CT molecular complexity index is 143. The van der Waals surface area contributed by atoms with Crippen LogP contribution in [-0.4, -0.2) is 25.3 Å². The molecule has 14 heavy (non-hydrogen) atoms. The van der Waals surface area contributed by atoms with Crippen LogP contribution in [0.2, 0.25) is 0 Å². The summed E-state index contributed by atoms with van der Waals surface area (Å²) in [5, 5.41) is 3.28. The van der Waals surface area contributed by atoms with E-state index in [0.717, 1.165) is 25.4 Å². The van der Waals surface area contributed by atoms with E-state index in [1.54, 1.807) is 0 Å². The summed E-state index contributed by atoms with van der Waals surface area (Å²) < 4.78 is 5.75. The molecule has 0 aromatic heterocycles. The Labute approximate surface area is 89.4 Å². The van der Waals surface area contributed by atoms with Gasteiger partial charge in [0, 0.05) is 12.1 Å². The summed E-state index contributed by atoms with van der Waals surface area (Å²) in [6.45, 7) is 11.9. The standard InChI is InChI=1S/C12H27NO/c1-10(2)9-11(3)14-8-7-12(4,5)13-6/h10-11,13H,7-9H2,1-6H3. The van der Waals surface area contributed by atoms with Gasteiger partial charge in [0.15, 0.2) is 0 Å². The fourth-order valence-corrected chi connectivity index (χ4v) is 1.37. The Kier molecular flexibility index (Phi) is 6.38. The van der Waals surface area contributed by atoms with E-state index >= 15 is 0 Å². The van der Waals surface area contributed by atoms with Gasteiger partial charge in [-0.2, -0.15) is 0 Å². The van der Waals surface area contributed by atoms with Gasteiger partial charge in [-0.1, -0.05) is 13.8 Å². The summed E-state index contributed by atoms with van der Waals surface area (Å²) in [7, 11) is 2.00. The second-order valence-corrected chi connectivity index (χ2v) is 5.19. The molecule has 0 aromatic carbocycles. The average Bonchev–Trinajstić information content (AvgIpc) is 2.02. The summed E-state index contributed by atoms with van der Waals surface area (Å²) in [6.07, 6.45) is 2.61. The van der Waals surface area contributed by atoms with Gasteiger partial charge in [0.2, 0.25) is 0 Å². The Balaban J connectivity index is 3.53. The Morgan fingerprint density at radius 1 is 1.21 bits per heavy atom. The minimum Gasteiger partial charge on any atom is -0.378 e. The first-order valence-electron chi connectivity index (χ1n) is 5.68. The minimum absolute atomic E-state index is 0.192. The molecule has 0 saturated heterocycles. The van der Waals surface area contributed by atoms with Gasteiger partial charge in [-0.15, -0.1) is 0 Å². The third kappa shape index (κ3) is 7.34. The summed E-state index contributed by atoms with van der Waals surface area (Å²) in [5.41, 5.74) is 0.192. The van der Waals surface area contributed by atoms with E-state index in [-0.39, 0.29) is 5.54 Å². The van der Waals surface area contributed by atoms with Gasteiger partial charge in [-0.25, -0.2) is 0 Å². The van der Waals surface area contributed by atoms with E-state index in [0.29, 0.717) is 6.10 Å². The van der Waals surface area contributed by atoms with E-state index in [9.17, 15) is 0 Å². The van der Waals surface area contributed by atoms with Crippen LogP contribution in [0.4, 0.5) is 0 Å². The van der Waals surface area contributed by atoms with E-state index in [4.69, 9.17) is 4.74 Å². The third-order valence-corrected chi connectivity index (χ3v) is 2.61. The van der Waals surface area contributed by atoms with Crippen LogP contribution >= 0.6 is 0 Å². The maximum Gasteiger partial charge on any atom is 0.0549 e. The molecule has 2 heteroatoms. The zero-order valence-electron chi connectivity index (χ0n) is 10.7. The summed E-state index contributed by atoms with van der Waals surface area (Å²) in [5.74, 6) is 0.724. The van der Waals surface area contributed by atoms with Crippen LogP contribution < -0.4 is 5.32 Å². The molecular formula is C12H27NO. The smallest absolute Gasteiger partial charge is 0.0549 e. The predicted octanol–water partition coefficient (Wildman–Crippen LogP) is 2.83. The molecule has 0 radical (unpaired) electrons. The molecule has 0 aliphatic rings. The Hall–Kier alpha value is -0.0800. The van der Waals surface area contributed by atoms with Gasteiger partial charge < -0.3 is 10.1 Å². The van der Waals surface area contributed by atoms with Crippen molar-refractivity contribution in [2.75, 3.05) is 13.7 Å². The minimum atomic E-state index is 0.192. The zero-order chi connectivity index (χ0) is 11.2. The largest absolute Gasteiger partial charge is 0.378 e. The van der Waals surface area contributed by atoms with Crippen LogP contribution in [0.1, 0.15) is 47.5 Å². The third-order valence-electron chi connectivity index (χ3n) is 2.61. The lowest BCUT2D eigenvalue weighted by molar-refractivity contribution is 0.0407. The monoisotopic (exact) mass is 201 g/mol. The second-order valence-electron chi connectivity index (χ2n) is 5.19. The molecule has 0 bridgehead atoms. The van der Waals surface area contributed by atoms with Crippen molar-refractivity contribution < 1.29 is 4.74 Å². The summed E-state index contributed by atoms with van der Waals surface area (Å²) in [6, 6.07) is 0. The number of hydrogen-bond acceptors (Lipinski definition) is 2. The van der Waals surface area contributed by atoms with E-state index in [1.165, 1.54) is 0 Å². The number of rotatable bonds is 7. The molecule has 0 fully saturated rings. The first-order chi connectivity index (χ1) is 6.37. The molecule has 0 aromatic rings. The molecule has 1 unspecified atom stereocenters. The van der Waals surface area contributed by atoms with Gasteiger partial charge in [0.1, 0.15) is 0 Å². The molecule has 0 spiro atoms. The molecule has 0 saturated carbocycles. The van der Waals surface area contributed by atoms with Gasteiger partial charge in [-0.3, -0.25) is 0 Å². The van der Waals surface area contributed by atoms with Crippen molar-refractivity contribution in [1.29, 1.82) is 0 Å². The van der Waals surface area contributed by atoms with E-state index < -0.39 is 0 Å². The Morgan fingerprint density at radius 2 is 1.79 bits per heavy atom. The average molecular weight is 201 g/mol. The quantitative estimate of drug-likeness (QED) is 0.684. The van der Waals surface area contributed by atoms with Crippen LogP contribution in [0.3, 0.4) is 0 Å². The molecule has 1 N–H and O–H groups in total.